The largest absolute Gasteiger partial charge is 0.350 e. The number of rotatable bonds is 5. The second-order valence-corrected chi connectivity index (χ2v) is 5.83. The Morgan fingerprint density at radius 2 is 2.22 bits per heavy atom. The summed E-state index contributed by atoms with van der Waals surface area (Å²) < 4.78 is 1.82. The summed E-state index contributed by atoms with van der Waals surface area (Å²) in [5, 5.41) is 10.6. The van der Waals surface area contributed by atoms with Gasteiger partial charge in [0, 0.05) is 24.9 Å². The van der Waals surface area contributed by atoms with Crippen LogP contribution in [0.25, 0.3) is 5.69 Å². The highest BCUT2D eigenvalue weighted by atomic mass is 35.5. The molecule has 124 valence electrons. The van der Waals surface area contributed by atoms with Crippen LogP contribution in [-0.2, 0) is 4.79 Å². The van der Waals surface area contributed by atoms with Crippen molar-refractivity contribution in [2.45, 2.75) is 38.3 Å². The maximum absolute atomic E-state index is 12.1. The molecule has 23 heavy (non-hydrogen) atoms. The van der Waals surface area contributed by atoms with E-state index in [9.17, 15) is 4.79 Å². The lowest BCUT2D eigenvalue weighted by molar-refractivity contribution is -0.122. The third-order valence-corrected chi connectivity index (χ3v) is 4.13. The number of carbonyl (C=O) groups excluding carboxylic acids is 1. The lowest BCUT2D eigenvalue weighted by Crippen LogP contribution is -2.33. The van der Waals surface area contributed by atoms with E-state index in [-0.39, 0.29) is 24.4 Å². The topological polar surface area (TPSA) is 59.0 Å². The monoisotopic (exact) mass is 334 g/mol. The third-order valence-electron chi connectivity index (χ3n) is 4.13. The van der Waals surface area contributed by atoms with Gasteiger partial charge in [0.25, 0.3) is 0 Å². The standard InChI is InChI=1S/C17H22N4O.ClH/c1-13(20-17(22)12-15-4-2-9-18-15)14-5-7-16(8-6-14)21-11-3-10-19-21;/h3,5-8,10-11,13,15,18H,2,4,9,12H2,1H3,(H,20,22);1H. The van der Waals surface area contributed by atoms with Gasteiger partial charge < -0.3 is 10.6 Å². The van der Waals surface area contributed by atoms with Crippen molar-refractivity contribution in [1.82, 2.24) is 20.4 Å². The summed E-state index contributed by atoms with van der Waals surface area (Å²) in [6.45, 7) is 3.05. The summed E-state index contributed by atoms with van der Waals surface area (Å²) in [6, 6.07) is 10.4. The first-order valence-electron chi connectivity index (χ1n) is 7.85. The fraction of sp³-hybridized carbons (Fsp3) is 0.412. The van der Waals surface area contributed by atoms with Crippen molar-refractivity contribution in [2.24, 2.45) is 0 Å². The average molecular weight is 335 g/mol. The molecule has 1 saturated heterocycles. The van der Waals surface area contributed by atoms with Crippen LogP contribution in [0, 0.1) is 0 Å². The molecule has 2 heterocycles. The summed E-state index contributed by atoms with van der Waals surface area (Å²) in [5.74, 6) is 0.114. The van der Waals surface area contributed by atoms with Crippen molar-refractivity contribution >= 4 is 18.3 Å². The summed E-state index contributed by atoms with van der Waals surface area (Å²) in [5.41, 5.74) is 2.12. The lowest BCUT2D eigenvalue weighted by Gasteiger charge is -2.17. The van der Waals surface area contributed by atoms with Gasteiger partial charge in [-0.15, -0.1) is 12.4 Å². The van der Waals surface area contributed by atoms with Crippen molar-refractivity contribution < 1.29 is 4.79 Å². The summed E-state index contributed by atoms with van der Waals surface area (Å²) in [7, 11) is 0. The number of hydrogen-bond donors (Lipinski definition) is 2. The van der Waals surface area contributed by atoms with Crippen molar-refractivity contribution in [3.05, 3.63) is 48.3 Å². The van der Waals surface area contributed by atoms with Crippen molar-refractivity contribution in [2.75, 3.05) is 6.54 Å². The molecule has 2 unspecified atom stereocenters. The molecular weight excluding hydrogens is 312 g/mol. The van der Waals surface area contributed by atoms with Gasteiger partial charge in [-0.25, -0.2) is 4.68 Å². The fourth-order valence-electron chi connectivity index (χ4n) is 2.88. The van der Waals surface area contributed by atoms with E-state index in [4.69, 9.17) is 0 Å². The Morgan fingerprint density at radius 1 is 1.43 bits per heavy atom. The van der Waals surface area contributed by atoms with Crippen LogP contribution < -0.4 is 10.6 Å². The molecule has 1 aliphatic rings. The molecule has 0 saturated carbocycles. The minimum absolute atomic E-state index is 0. The summed E-state index contributed by atoms with van der Waals surface area (Å²) >= 11 is 0. The Morgan fingerprint density at radius 3 is 2.83 bits per heavy atom. The number of benzene rings is 1. The van der Waals surface area contributed by atoms with E-state index >= 15 is 0 Å². The van der Waals surface area contributed by atoms with E-state index in [1.807, 2.05) is 48.1 Å². The zero-order valence-corrected chi connectivity index (χ0v) is 14.1. The average Bonchev–Trinajstić information content (AvgIpc) is 3.20. The molecule has 0 aliphatic carbocycles. The smallest absolute Gasteiger partial charge is 0.222 e. The van der Waals surface area contributed by atoms with Crippen LogP contribution in [0.4, 0.5) is 0 Å². The molecular formula is C17H23ClN4O. The van der Waals surface area contributed by atoms with Gasteiger partial charge in [-0.3, -0.25) is 4.79 Å². The highest BCUT2D eigenvalue weighted by molar-refractivity contribution is 5.85. The molecule has 1 aromatic carbocycles. The van der Waals surface area contributed by atoms with Crippen LogP contribution in [-0.4, -0.2) is 28.3 Å². The molecule has 5 nitrogen and oxygen atoms in total. The van der Waals surface area contributed by atoms with Gasteiger partial charge in [0.2, 0.25) is 5.91 Å². The summed E-state index contributed by atoms with van der Waals surface area (Å²) in [4.78, 5) is 12.1. The predicted molar refractivity (Wildman–Crippen MR) is 93.0 cm³/mol. The number of nitrogens with one attached hydrogen (secondary N) is 2. The Kier molecular flexibility index (Phi) is 6.19. The molecule has 1 aromatic heterocycles. The molecule has 2 N–H and O–H groups in total. The van der Waals surface area contributed by atoms with E-state index in [2.05, 4.69) is 15.7 Å². The van der Waals surface area contributed by atoms with E-state index in [1.54, 1.807) is 6.20 Å². The van der Waals surface area contributed by atoms with Gasteiger partial charge in [-0.1, -0.05) is 12.1 Å². The van der Waals surface area contributed by atoms with Crippen LogP contribution in [0.3, 0.4) is 0 Å². The molecule has 3 rings (SSSR count). The van der Waals surface area contributed by atoms with Gasteiger partial charge in [0.15, 0.2) is 0 Å². The first-order valence-corrected chi connectivity index (χ1v) is 7.85. The highest BCUT2D eigenvalue weighted by Crippen LogP contribution is 2.16. The molecule has 0 radical (unpaired) electrons. The van der Waals surface area contributed by atoms with Gasteiger partial charge in [0.05, 0.1) is 11.7 Å². The van der Waals surface area contributed by atoms with Crippen LogP contribution in [0.1, 0.15) is 37.8 Å². The van der Waals surface area contributed by atoms with E-state index in [0.717, 1.165) is 24.2 Å². The second kappa shape index (κ2) is 8.13. The first kappa shape index (κ1) is 17.5. The Balaban J connectivity index is 0.00000192. The molecule has 6 heteroatoms. The van der Waals surface area contributed by atoms with Gasteiger partial charge in [-0.05, 0) is 50.1 Å². The molecule has 1 amide bonds. The van der Waals surface area contributed by atoms with Gasteiger partial charge in [-0.2, -0.15) is 5.10 Å². The van der Waals surface area contributed by atoms with Gasteiger partial charge >= 0.3 is 0 Å². The van der Waals surface area contributed by atoms with Crippen LogP contribution >= 0.6 is 12.4 Å². The lowest BCUT2D eigenvalue weighted by atomic mass is 10.1. The van der Waals surface area contributed by atoms with Crippen molar-refractivity contribution in [3.63, 3.8) is 0 Å². The number of aromatic nitrogens is 2. The normalized spacial score (nSPS) is 18.2. The number of amides is 1. The van der Waals surface area contributed by atoms with Crippen LogP contribution in [0.2, 0.25) is 0 Å². The van der Waals surface area contributed by atoms with E-state index < -0.39 is 0 Å². The van der Waals surface area contributed by atoms with Gasteiger partial charge in [0.1, 0.15) is 0 Å². The van der Waals surface area contributed by atoms with Crippen LogP contribution in [0.5, 0.6) is 0 Å². The zero-order valence-electron chi connectivity index (χ0n) is 13.2. The Hall–Kier alpha value is -1.85. The second-order valence-electron chi connectivity index (χ2n) is 5.83. The molecule has 0 spiro atoms. The Bertz CT molecular complexity index is 606. The van der Waals surface area contributed by atoms with Crippen molar-refractivity contribution in [1.29, 1.82) is 0 Å². The number of nitrogens with zero attached hydrogens (tertiary/aromatic N) is 2. The minimum Gasteiger partial charge on any atom is -0.350 e. The molecule has 2 atom stereocenters. The maximum Gasteiger partial charge on any atom is 0.222 e. The molecule has 1 fully saturated rings. The summed E-state index contributed by atoms with van der Waals surface area (Å²) in [6.07, 6.45) is 6.50. The van der Waals surface area contributed by atoms with E-state index in [1.165, 1.54) is 6.42 Å². The molecule has 2 aromatic rings. The SMILES string of the molecule is CC(NC(=O)CC1CCCN1)c1ccc(-n2cccn2)cc1.Cl. The zero-order chi connectivity index (χ0) is 15.4. The third kappa shape index (κ3) is 4.56. The van der Waals surface area contributed by atoms with Crippen molar-refractivity contribution in [3.8, 4) is 5.69 Å². The minimum atomic E-state index is 0. The first-order chi connectivity index (χ1) is 10.7. The Labute approximate surface area is 142 Å². The quantitative estimate of drug-likeness (QED) is 0.883. The van der Waals surface area contributed by atoms with E-state index in [0.29, 0.717) is 12.5 Å². The number of halogens is 1. The number of hydrogen-bond acceptors (Lipinski definition) is 3. The maximum atomic E-state index is 12.1. The predicted octanol–water partition coefficient (Wildman–Crippen LogP) is 2.61. The molecule has 0 bridgehead atoms. The number of carbonyl (C=O) groups is 1. The van der Waals surface area contributed by atoms with Crippen LogP contribution in [0.15, 0.2) is 42.7 Å². The molecule has 1 aliphatic heterocycles. The fourth-order valence-corrected chi connectivity index (χ4v) is 2.88. The highest BCUT2D eigenvalue weighted by Gasteiger charge is 2.18.